The normalized spacial score (nSPS) is 11.4. The zero-order valence-electron chi connectivity index (χ0n) is 12.7. The topological polar surface area (TPSA) is 53.4 Å². The molecule has 5 nitrogen and oxygen atoms in total. The summed E-state index contributed by atoms with van der Waals surface area (Å²) >= 11 is 3.44. The molecule has 0 unspecified atom stereocenters. The van der Waals surface area contributed by atoms with Crippen LogP contribution in [-0.4, -0.2) is 29.2 Å². The van der Waals surface area contributed by atoms with Crippen molar-refractivity contribution in [2.24, 2.45) is 7.05 Å². The predicted octanol–water partition coefficient (Wildman–Crippen LogP) is 3.29. The number of rotatable bonds is 5. The van der Waals surface area contributed by atoms with Crippen LogP contribution in [0.4, 0.5) is 0 Å². The molecule has 0 N–H and O–H groups in total. The molecule has 0 atom stereocenters. The van der Waals surface area contributed by atoms with Crippen LogP contribution < -0.4 is 4.74 Å². The smallest absolute Gasteiger partial charge is 0.341 e. The van der Waals surface area contributed by atoms with E-state index in [-0.39, 0.29) is 0 Å². The highest BCUT2D eigenvalue weighted by atomic mass is 79.9. The molecule has 1 aromatic heterocycles. The Morgan fingerprint density at radius 2 is 2.23 bits per heavy atom. The number of halogens is 1. The number of nitrogens with zero attached hydrogens (tertiary/aromatic N) is 2. The summed E-state index contributed by atoms with van der Waals surface area (Å²) in [6.45, 7) is 2.09. The van der Waals surface area contributed by atoms with Gasteiger partial charge in [0, 0.05) is 19.4 Å². The summed E-state index contributed by atoms with van der Waals surface area (Å²) in [5.41, 5.74) is 1.25. The van der Waals surface area contributed by atoms with Crippen LogP contribution in [0.5, 0.6) is 5.75 Å². The summed E-state index contributed by atoms with van der Waals surface area (Å²) in [7, 11) is 3.44. The van der Waals surface area contributed by atoms with E-state index in [2.05, 4.69) is 20.9 Å². The Bertz CT molecular complexity index is 707. The Balaban J connectivity index is 2.47. The highest BCUT2D eigenvalue weighted by Gasteiger charge is 2.17. The summed E-state index contributed by atoms with van der Waals surface area (Å²) in [6.07, 6.45) is 5.18. The third kappa shape index (κ3) is 3.57. The van der Waals surface area contributed by atoms with Crippen LogP contribution in [0, 0.1) is 0 Å². The van der Waals surface area contributed by atoms with Crippen LogP contribution in [-0.2, 0) is 16.6 Å². The first-order valence-electron chi connectivity index (χ1n) is 6.76. The average Bonchev–Trinajstić information content (AvgIpc) is 2.91. The van der Waals surface area contributed by atoms with E-state index < -0.39 is 5.97 Å². The molecule has 0 aliphatic carbocycles. The van der Waals surface area contributed by atoms with Crippen molar-refractivity contribution < 1.29 is 14.3 Å². The van der Waals surface area contributed by atoms with Gasteiger partial charge in [-0.3, -0.25) is 0 Å². The van der Waals surface area contributed by atoms with Gasteiger partial charge in [-0.25, -0.2) is 9.78 Å². The molecule has 1 heterocycles. The molecule has 0 fully saturated rings. The van der Waals surface area contributed by atoms with Gasteiger partial charge < -0.3 is 14.0 Å². The number of aromatic nitrogens is 2. The van der Waals surface area contributed by atoms with E-state index in [9.17, 15) is 4.79 Å². The SMILES string of the molecule is CCOC(=O)/C(=C\c1ccc(OC)c(Br)c1)c1nccn1C. The lowest BCUT2D eigenvalue weighted by Gasteiger charge is -2.08. The molecule has 0 spiro atoms. The average molecular weight is 365 g/mol. The number of ether oxygens (including phenoxy) is 2. The van der Waals surface area contributed by atoms with Crippen molar-refractivity contribution >= 4 is 33.5 Å². The van der Waals surface area contributed by atoms with Crippen molar-refractivity contribution in [3.63, 3.8) is 0 Å². The van der Waals surface area contributed by atoms with Crippen LogP contribution in [0.25, 0.3) is 11.6 Å². The first-order chi connectivity index (χ1) is 10.6. The molecular formula is C16H17BrN2O3. The molecule has 116 valence electrons. The van der Waals surface area contributed by atoms with Gasteiger partial charge in [-0.2, -0.15) is 0 Å². The Morgan fingerprint density at radius 3 is 2.77 bits per heavy atom. The predicted molar refractivity (Wildman–Crippen MR) is 88.4 cm³/mol. The quantitative estimate of drug-likeness (QED) is 0.603. The van der Waals surface area contributed by atoms with Crippen LogP contribution >= 0.6 is 15.9 Å². The van der Waals surface area contributed by atoms with E-state index in [0.29, 0.717) is 18.0 Å². The van der Waals surface area contributed by atoms with Gasteiger partial charge in [0.25, 0.3) is 0 Å². The van der Waals surface area contributed by atoms with Gasteiger partial charge >= 0.3 is 5.97 Å². The van der Waals surface area contributed by atoms with E-state index in [1.54, 1.807) is 37.1 Å². The molecule has 0 radical (unpaired) electrons. The van der Waals surface area contributed by atoms with E-state index in [1.165, 1.54) is 0 Å². The molecule has 0 aliphatic heterocycles. The van der Waals surface area contributed by atoms with Crippen LogP contribution in [0.2, 0.25) is 0 Å². The number of esters is 1. The molecule has 6 heteroatoms. The lowest BCUT2D eigenvalue weighted by molar-refractivity contribution is -0.136. The molecule has 2 aromatic rings. The summed E-state index contributed by atoms with van der Waals surface area (Å²) in [5, 5.41) is 0. The maximum absolute atomic E-state index is 12.2. The number of methoxy groups -OCH3 is 1. The van der Waals surface area contributed by atoms with E-state index in [1.807, 2.05) is 25.2 Å². The summed E-state index contributed by atoms with van der Waals surface area (Å²) in [5.74, 6) is 0.890. The van der Waals surface area contributed by atoms with Crippen LogP contribution in [0.15, 0.2) is 35.1 Å². The molecule has 1 aromatic carbocycles. The Kier molecular flexibility index (Phi) is 5.38. The zero-order valence-corrected chi connectivity index (χ0v) is 14.3. The summed E-state index contributed by atoms with van der Waals surface area (Å²) in [6, 6.07) is 5.57. The van der Waals surface area contributed by atoms with Crippen LogP contribution in [0.1, 0.15) is 18.3 Å². The van der Waals surface area contributed by atoms with Crippen molar-refractivity contribution in [1.82, 2.24) is 9.55 Å². The minimum absolute atomic E-state index is 0.312. The van der Waals surface area contributed by atoms with Crippen molar-refractivity contribution in [3.8, 4) is 5.75 Å². The molecule has 22 heavy (non-hydrogen) atoms. The van der Waals surface area contributed by atoms with Gasteiger partial charge in [-0.15, -0.1) is 0 Å². The lowest BCUT2D eigenvalue weighted by atomic mass is 10.1. The Labute approximate surface area is 137 Å². The number of aryl methyl sites for hydroxylation is 1. The summed E-state index contributed by atoms with van der Waals surface area (Å²) in [4.78, 5) is 16.5. The highest BCUT2D eigenvalue weighted by Crippen LogP contribution is 2.27. The molecule has 0 saturated carbocycles. The van der Waals surface area contributed by atoms with Crippen molar-refractivity contribution in [2.75, 3.05) is 13.7 Å². The molecular weight excluding hydrogens is 348 g/mol. The van der Waals surface area contributed by atoms with E-state index in [0.717, 1.165) is 15.8 Å². The molecule has 0 amide bonds. The lowest BCUT2D eigenvalue weighted by Crippen LogP contribution is -2.10. The zero-order chi connectivity index (χ0) is 16.1. The van der Waals surface area contributed by atoms with Gasteiger partial charge in [-0.1, -0.05) is 6.07 Å². The fourth-order valence-electron chi connectivity index (χ4n) is 1.99. The third-order valence-corrected chi connectivity index (χ3v) is 3.66. The summed E-state index contributed by atoms with van der Waals surface area (Å²) < 4.78 is 12.9. The van der Waals surface area contributed by atoms with Crippen molar-refractivity contribution in [1.29, 1.82) is 0 Å². The van der Waals surface area contributed by atoms with Gasteiger partial charge in [0.1, 0.15) is 17.1 Å². The number of hydrogen-bond donors (Lipinski definition) is 0. The largest absolute Gasteiger partial charge is 0.496 e. The Hall–Kier alpha value is -2.08. The molecule has 0 aliphatic rings. The molecule has 0 bridgehead atoms. The molecule has 0 saturated heterocycles. The third-order valence-electron chi connectivity index (χ3n) is 3.04. The first-order valence-corrected chi connectivity index (χ1v) is 7.56. The fourth-order valence-corrected chi connectivity index (χ4v) is 2.55. The second-order valence-electron chi connectivity index (χ2n) is 4.53. The minimum atomic E-state index is -0.399. The monoisotopic (exact) mass is 364 g/mol. The maximum Gasteiger partial charge on any atom is 0.341 e. The number of hydrogen-bond acceptors (Lipinski definition) is 4. The first kappa shape index (κ1) is 16.3. The minimum Gasteiger partial charge on any atom is -0.496 e. The van der Waals surface area contributed by atoms with E-state index in [4.69, 9.17) is 9.47 Å². The van der Waals surface area contributed by atoms with Crippen LogP contribution in [0.3, 0.4) is 0 Å². The molecule has 2 rings (SSSR count). The number of benzene rings is 1. The van der Waals surface area contributed by atoms with Gasteiger partial charge in [0.05, 0.1) is 18.2 Å². The fraction of sp³-hybridized carbons (Fsp3) is 0.250. The second kappa shape index (κ2) is 7.26. The number of imidazole rings is 1. The van der Waals surface area contributed by atoms with Crippen molar-refractivity contribution in [2.45, 2.75) is 6.92 Å². The Morgan fingerprint density at radius 1 is 1.45 bits per heavy atom. The van der Waals surface area contributed by atoms with Gasteiger partial charge in [-0.05, 0) is 46.6 Å². The number of carbonyl (C=O) groups is 1. The van der Waals surface area contributed by atoms with Gasteiger partial charge in [0.2, 0.25) is 0 Å². The standard InChI is InChI=1S/C16H17BrN2O3/c1-4-22-16(20)12(15-18-7-8-19(15)2)9-11-5-6-14(21-3)13(17)10-11/h5-10H,4H2,1-3H3/b12-9-. The maximum atomic E-state index is 12.2. The van der Waals surface area contributed by atoms with Gasteiger partial charge in [0.15, 0.2) is 0 Å². The van der Waals surface area contributed by atoms with E-state index >= 15 is 0 Å². The van der Waals surface area contributed by atoms with Crippen molar-refractivity contribution in [3.05, 3.63) is 46.5 Å². The number of carbonyl (C=O) groups excluding carboxylic acids is 1. The highest BCUT2D eigenvalue weighted by molar-refractivity contribution is 9.10. The second-order valence-corrected chi connectivity index (χ2v) is 5.39.